The molecular weight excluding hydrogens is 382 g/mol. The lowest BCUT2D eigenvalue weighted by atomic mass is 10.0. The number of nitrogens with zero attached hydrogens (tertiary/aromatic N) is 1. The largest absolute Gasteiger partial charge is 0.507 e. The first-order chi connectivity index (χ1) is 14.5. The Morgan fingerprint density at radius 2 is 1.87 bits per heavy atom. The van der Waals surface area contributed by atoms with Gasteiger partial charge in [-0.05, 0) is 69.6 Å². The number of piperidine rings is 1. The molecule has 2 heterocycles. The summed E-state index contributed by atoms with van der Waals surface area (Å²) in [5.74, 6) is 1.90. The first-order valence-corrected chi connectivity index (χ1v) is 10.3. The Bertz CT molecular complexity index is 1100. The van der Waals surface area contributed by atoms with E-state index >= 15 is 0 Å². The molecule has 0 aliphatic carbocycles. The monoisotopic (exact) mass is 409 g/mol. The van der Waals surface area contributed by atoms with Crippen molar-refractivity contribution in [1.82, 2.24) is 4.90 Å². The van der Waals surface area contributed by atoms with Gasteiger partial charge in [-0.2, -0.15) is 0 Å². The fourth-order valence-corrected chi connectivity index (χ4v) is 4.02. The summed E-state index contributed by atoms with van der Waals surface area (Å²) in [6.45, 7) is 5.42. The fraction of sp³-hybridized carbons (Fsp3) is 0.375. The van der Waals surface area contributed by atoms with Gasteiger partial charge in [0.15, 0.2) is 0 Å². The maximum absolute atomic E-state index is 13.2. The number of aromatic hydroxyl groups is 1. The fourth-order valence-electron chi connectivity index (χ4n) is 4.02. The Balaban J connectivity index is 1.73. The van der Waals surface area contributed by atoms with E-state index in [1.165, 1.54) is 6.42 Å². The van der Waals surface area contributed by atoms with Crippen molar-refractivity contribution >= 4 is 11.0 Å². The van der Waals surface area contributed by atoms with Gasteiger partial charge in [-0.15, -0.1) is 0 Å². The first kappa shape index (κ1) is 20.3. The molecular formula is C24H27NO5. The maximum Gasteiger partial charge on any atom is 0.235 e. The Hall–Kier alpha value is -2.99. The van der Waals surface area contributed by atoms with E-state index in [2.05, 4.69) is 11.8 Å². The van der Waals surface area contributed by atoms with E-state index in [4.69, 9.17) is 13.9 Å². The standard InChI is InChI=1S/C24H27NO5/c1-15-6-4-5-13-25(15)14-20-21(26)12-11-19-22(27)23(16(2)29-24(19)20)30-18-9-7-17(28-3)8-10-18/h7-12,15,26H,4-6,13-14H2,1-3H3/t15-/m1/s1. The van der Waals surface area contributed by atoms with Crippen LogP contribution in [0.5, 0.6) is 23.0 Å². The second kappa shape index (κ2) is 8.40. The van der Waals surface area contributed by atoms with E-state index in [1.54, 1.807) is 50.4 Å². The van der Waals surface area contributed by atoms with Gasteiger partial charge in [-0.1, -0.05) is 6.42 Å². The molecule has 6 nitrogen and oxygen atoms in total. The maximum atomic E-state index is 13.2. The molecule has 30 heavy (non-hydrogen) atoms. The zero-order valence-corrected chi connectivity index (χ0v) is 17.6. The van der Waals surface area contributed by atoms with Crippen LogP contribution in [0.1, 0.15) is 37.5 Å². The van der Waals surface area contributed by atoms with Gasteiger partial charge >= 0.3 is 0 Å². The van der Waals surface area contributed by atoms with Gasteiger partial charge < -0.3 is 19.0 Å². The average Bonchev–Trinajstić information content (AvgIpc) is 2.75. The van der Waals surface area contributed by atoms with Crippen LogP contribution < -0.4 is 14.9 Å². The number of fused-ring (bicyclic) bond motifs is 1. The molecule has 1 atom stereocenters. The Morgan fingerprint density at radius 3 is 2.57 bits per heavy atom. The van der Waals surface area contributed by atoms with Gasteiger partial charge in [0.2, 0.25) is 11.2 Å². The predicted molar refractivity (Wildman–Crippen MR) is 116 cm³/mol. The van der Waals surface area contributed by atoms with Crippen molar-refractivity contribution in [2.24, 2.45) is 0 Å². The van der Waals surface area contributed by atoms with Crippen molar-refractivity contribution in [2.45, 2.75) is 45.7 Å². The number of aryl methyl sites for hydroxylation is 1. The van der Waals surface area contributed by atoms with Crippen LogP contribution in [-0.2, 0) is 6.54 Å². The molecule has 1 aliphatic heterocycles. The van der Waals surface area contributed by atoms with E-state index in [0.29, 0.717) is 46.4 Å². The third kappa shape index (κ3) is 3.87. The van der Waals surface area contributed by atoms with E-state index in [0.717, 1.165) is 19.4 Å². The molecule has 4 rings (SSSR count). The van der Waals surface area contributed by atoms with Gasteiger partial charge in [-0.3, -0.25) is 9.69 Å². The van der Waals surface area contributed by atoms with Crippen molar-refractivity contribution in [3.63, 3.8) is 0 Å². The van der Waals surface area contributed by atoms with E-state index in [1.807, 2.05) is 0 Å². The zero-order valence-electron chi connectivity index (χ0n) is 17.6. The minimum Gasteiger partial charge on any atom is -0.507 e. The molecule has 0 bridgehead atoms. The van der Waals surface area contributed by atoms with Crippen LogP contribution in [-0.4, -0.2) is 29.7 Å². The second-order valence-electron chi connectivity index (χ2n) is 7.85. The summed E-state index contributed by atoms with van der Waals surface area (Å²) in [4.78, 5) is 15.5. The normalized spacial score (nSPS) is 17.2. The molecule has 2 aromatic carbocycles. The smallest absolute Gasteiger partial charge is 0.235 e. The number of hydrogen-bond acceptors (Lipinski definition) is 6. The Morgan fingerprint density at radius 1 is 1.13 bits per heavy atom. The Labute approximate surface area is 175 Å². The summed E-state index contributed by atoms with van der Waals surface area (Å²) in [6.07, 6.45) is 3.49. The summed E-state index contributed by atoms with van der Waals surface area (Å²) >= 11 is 0. The van der Waals surface area contributed by atoms with Crippen molar-refractivity contribution in [1.29, 1.82) is 0 Å². The summed E-state index contributed by atoms with van der Waals surface area (Å²) in [7, 11) is 1.59. The number of ether oxygens (including phenoxy) is 2. The minimum absolute atomic E-state index is 0.145. The predicted octanol–water partition coefficient (Wildman–Crippen LogP) is 4.98. The van der Waals surface area contributed by atoms with Crippen molar-refractivity contribution < 1.29 is 19.0 Å². The highest BCUT2D eigenvalue weighted by Crippen LogP contribution is 2.33. The molecule has 1 fully saturated rings. The van der Waals surface area contributed by atoms with Gasteiger partial charge in [0, 0.05) is 12.6 Å². The molecule has 0 amide bonds. The van der Waals surface area contributed by atoms with Crippen LogP contribution in [0.2, 0.25) is 0 Å². The number of benzene rings is 2. The number of phenolic OH excluding ortho intramolecular Hbond substituents is 1. The van der Waals surface area contributed by atoms with Crippen LogP contribution >= 0.6 is 0 Å². The van der Waals surface area contributed by atoms with Gasteiger partial charge in [0.05, 0.1) is 18.1 Å². The van der Waals surface area contributed by atoms with E-state index in [9.17, 15) is 9.90 Å². The summed E-state index contributed by atoms with van der Waals surface area (Å²) in [6, 6.07) is 10.6. The highest BCUT2D eigenvalue weighted by atomic mass is 16.5. The molecule has 158 valence electrons. The number of methoxy groups -OCH3 is 1. The Kier molecular flexibility index (Phi) is 5.68. The number of likely N-dealkylation sites (tertiary alicyclic amines) is 1. The quantitative estimate of drug-likeness (QED) is 0.641. The van der Waals surface area contributed by atoms with Crippen LogP contribution in [0, 0.1) is 6.92 Å². The molecule has 0 radical (unpaired) electrons. The average molecular weight is 409 g/mol. The van der Waals surface area contributed by atoms with Crippen molar-refractivity contribution in [3.05, 3.63) is 57.9 Å². The van der Waals surface area contributed by atoms with Crippen molar-refractivity contribution in [2.75, 3.05) is 13.7 Å². The second-order valence-corrected chi connectivity index (χ2v) is 7.85. The lowest BCUT2D eigenvalue weighted by Gasteiger charge is -2.33. The minimum atomic E-state index is -0.252. The van der Waals surface area contributed by atoms with Gasteiger partial charge in [0.1, 0.15) is 28.6 Å². The molecule has 0 spiro atoms. The highest BCUT2D eigenvalue weighted by molar-refractivity contribution is 5.83. The molecule has 6 heteroatoms. The molecule has 1 aliphatic rings. The van der Waals surface area contributed by atoms with Crippen LogP contribution in [0.15, 0.2) is 45.6 Å². The highest BCUT2D eigenvalue weighted by Gasteiger charge is 2.23. The molecule has 0 saturated carbocycles. The summed E-state index contributed by atoms with van der Waals surface area (Å²) in [5.41, 5.74) is 0.826. The third-order valence-electron chi connectivity index (χ3n) is 5.84. The molecule has 1 aromatic heterocycles. The number of hydrogen-bond donors (Lipinski definition) is 1. The number of rotatable bonds is 5. The van der Waals surface area contributed by atoms with Crippen molar-refractivity contribution in [3.8, 4) is 23.0 Å². The molecule has 1 N–H and O–H groups in total. The zero-order chi connectivity index (χ0) is 21.3. The van der Waals surface area contributed by atoms with Gasteiger partial charge in [0.25, 0.3) is 0 Å². The number of phenols is 1. The third-order valence-corrected chi connectivity index (χ3v) is 5.84. The molecule has 3 aromatic rings. The van der Waals surface area contributed by atoms with Crippen LogP contribution in [0.4, 0.5) is 0 Å². The van der Waals surface area contributed by atoms with Crippen LogP contribution in [0.3, 0.4) is 0 Å². The van der Waals surface area contributed by atoms with E-state index < -0.39 is 0 Å². The lowest BCUT2D eigenvalue weighted by Crippen LogP contribution is -2.36. The van der Waals surface area contributed by atoms with Gasteiger partial charge in [-0.25, -0.2) is 0 Å². The lowest BCUT2D eigenvalue weighted by molar-refractivity contribution is 0.151. The SMILES string of the molecule is COc1ccc(Oc2c(C)oc3c(CN4CCCC[C@H]4C)c(O)ccc3c2=O)cc1. The summed E-state index contributed by atoms with van der Waals surface area (Å²) in [5, 5.41) is 10.9. The summed E-state index contributed by atoms with van der Waals surface area (Å²) < 4.78 is 17.0. The van der Waals surface area contributed by atoms with E-state index in [-0.39, 0.29) is 16.9 Å². The first-order valence-electron chi connectivity index (χ1n) is 10.3. The molecule has 1 saturated heterocycles. The van der Waals surface area contributed by atoms with Crippen LogP contribution in [0.25, 0.3) is 11.0 Å². The molecule has 0 unspecified atom stereocenters. The topological polar surface area (TPSA) is 72.1 Å².